The second-order valence-corrected chi connectivity index (χ2v) is 4.34. The van der Waals surface area contributed by atoms with Crippen LogP contribution in [0.3, 0.4) is 0 Å². The maximum Gasteiger partial charge on any atom is 0.307 e. The second kappa shape index (κ2) is 4.99. The molecule has 4 nitrogen and oxygen atoms in total. The predicted octanol–water partition coefficient (Wildman–Crippen LogP) is 2.13. The predicted molar refractivity (Wildman–Crippen MR) is 63.5 cm³/mol. The van der Waals surface area contributed by atoms with Crippen molar-refractivity contribution in [1.82, 2.24) is 0 Å². The number of hydrogen-bond donors (Lipinski definition) is 2. The summed E-state index contributed by atoms with van der Waals surface area (Å²) in [6.07, 6.45) is 2.07. The molecule has 2 atom stereocenters. The number of carboxylic acid groups (broad SMARTS) is 1. The van der Waals surface area contributed by atoms with Gasteiger partial charge in [-0.2, -0.15) is 0 Å². The van der Waals surface area contributed by atoms with Gasteiger partial charge in [0.2, 0.25) is 5.91 Å². The fourth-order valence-corrected chi connectivity index (χ4v) is 2.33. The molecule has 1 amide bonds. The molecule has 0 unspecified atom stereocenters. The Hall–Kier alpha value is -1.84. The van der Waals surface area contributed by atoms with Gasteiger partial charge in [-0.3, -0.25) is 9.59 Å². The minimum atomic E-state index is -0.865. The first kappa shape index (κ1) is 11.6. The minimum Gasteiger partial charge on any atom is -0.481 e. The van der Waals surface area contributed by atoms with Crippen LogP contribution in [0.25, 0.3) is 0 Å². The van der Waals surface area contributed by atoms with Gasteiger partial charge in [-0.25, -0.2) is 0 Å². The summed E-state index contributed by atoms with van der Waals surface area (Å²) in [4.78, 5) is 22.9. The van der Waals surface area contributed by atoms with Gasteiger partial charge in [0.05, 0.1) is 11.8 Å². The van der Waals surface area contributed by atoms with Crippen LogP contribution >= 0.6 is 0 Å². The monoisotopic (exact) mass is 233 g/mol. The number of para-hydroxylation sites is 1. The van der Waals surface area contributed by atoms with Crippen molar-refractivity contribution in [1.29, 1.82) is 0 Å². The van der Waals surface area contributed by atoms with E-state index in [0.717, 1.165) is 6.42 Å². The SMILES string of the molecule is O=C(O)[C@H]1CCC[C@H]1C(=O)Nc1ccccc1. The van der Waals surface area contributed by atoms with Gasteiger partial charge in [-0.05, 0) is 25.0 Å². The summed E-state index contributed by atoms with van der Waals surface area (Å²) in [5.41, 5.74) is 0.716. The van der Waals surface area contributed by atoms with Crippen molar-refractivity contribution < 1.29 is 14.7 Å². The Labute approximate surface area is 99.6 Å². The molecule has 1 aromatic carbocycles. The molecular weight excluding hydrogens is 218 g/mol. The van der Waals surface area contributed by atoms with Gasteiger partial charge < -0.3 is 10.4 Å². The molecule has 0 heterocycles. The van der Waals surface area contributed by atoms with Gasteiger partial charge in [-0.1, -0.05) is 24.6 Å². The van der Waals surface area contributed by atoms with Crippen molar-refractivity contribution in [3.05, 3.63) is 30.3 Å². The Bertz CT molecular complexity index is 416. The fourth-order valence-electron chi connectivity index (χ4n) is 2.33. The first-order valence-corrected chi connectivity index (χ1v) is 5.77. The van der Waals surface area contributed by atoms with Crippen molar-refractivity contribution in [3.8, 4) is 0 Å². The van der Waals surface area contributed by atoms with E-state index in [0.29, 0.717) is 18.5 Å². The van der Waals surface area contributed by atoms with E-state index in [-0.39, 0.29) is 5.91 Å². The molecule has 0 aliphatic heterocycles. The lowest BCUT2D eigenvalue weighted by atomic mass is 9.95. The summed E-state index contributed by atoms with van der Waals surface area (Å²) in [5.74, 6) is -1.97. The summed E-state index contributed by atoms with van der Waals surface area (Å²) < 4.78 is 0. The third-order valence-electron chi connectivity index (χ3n) is 3.21. The van der Waals surface area contributed by atoms with Gasteiger partial charge in [0.25, 0.3) is 0 Å². The molecular formula is C13H15NO3. The lowest BCUT2D eigenvalue weighted by Gasteiger charge is -2.15. The summed E-state index contributed by atoms with van der Waals surface area (Å²) in [6, 6.07) is 9.12. The zero-order valence-corrected chi connectivity index (χ0v) is 9.43. The van der Waals surface area contributed by atoms with E-state index in [9.17, 15) is 9.59 Å². The van der Waals surface area contributed by atoms with Crippen molar-refractivity contribution in [2.75, 3.05) is 5.32 Å². The van der Waals surface area contributed by atoms with Crippen molar-refractivity contribution in [2.45, 2.75) is 19.3 Å². The zero-order chi connectivity index (χ0) is 12.3. The highest BCUT2D eigenvalue weighted by Gasteiger charge is 2.37. The number of nitrogens with one attached hydrogen (secondary N) is 1. The normalized spacial score (nSPS) is 23.3. The van der Waals surface area contributed by atoms with E-state index < -0.39 is 17.8 Å². The van der Waals surface area contributed by atoms with Crippen LogP contribution in [0.1, 0.15) is 19.3 Å². The second-order valence-electron chi connectivity index (χ2n) is 4.34. The number of amides is 1. The number of carboxylic acids is 1. The van der Waals surface area contributed by atoms with Crippen LogP contribution in [0.5, 0.6) is 0 Å². The molecule has 0 bridgehead atoms. The maximum atomic E-state index is 12.0. The summed E-state index contributed by atoms with van der Waals surface area (Å²) in [7, 11) is 0. The van der Waals surface area contributed by atoms with Crippen LogP contribution in [-0.2, 0) is 9.59 Å². The number of benzene rings is 1. The van der Waals surface area contributed by atoms with Crippen molar-refractivity contribution >= 4 is 17.6 Å². The van der Waals surface area contributed by atoms with E-state index in [1.54, 1.807) is 12.1 Å². The van der Waals surface area contributed by atoms with Crippen molar-refractivity contribution in [2.24, 2.45) is 11.8 Å². The number of carbonyl (C=O) groups excluding carboxylic acids is 1. The topological polar surface area (TPSA) is 66.4 Å². The highest BCUT2D eigenvalue weighted by atomic mass is 16.4. The average Bonchev–Trinajstić information content (AvgIpc) is 2.79. The maximum absolute atomic E-state index is 12.0. The number of rotatable bonds is 3. The van der Waals surface area contributed by atoms with Crippen LogP contribution < -0.4 is 5.32 Å². The molecule has 0 saturated heterocycles. The van der Waals surface area contributed by atoms with Crippen LogP contribution in [-0.4, -0.2) is 17.0 Å². The molecule has 0 radical (unpaired) electrons. The van der Waals surface area contributed by atoms with Crippen molar-refractivity contribution in [3.63, 3.8) is 0 Å². The Morgan fingerprint density at radius 3 is 2.41 bits per heavy atom. The molecule has 1 aromatic rings. The Morgan fingerprint density at radius 1 is 1.12 bits per heavy atom. The van der Waals surface area contributed by atoms with Crippen LogP contribution in [0.15, 0.2) is 30.3 Å². The van der Waals surface area contributed by atoms with Gasteiger partial charge in [-0.15, -0.1) is 0 Å². The highest BCUT2D eigenvalue weighted by Crippen LogP contribution is 2.32. The van der Waals surface area contributed by atoms with Crippen LogP contribution in [0.4, 0.5) is 5.69 Å². The van der Waals surface area contributed by atoms with E-state index >= 15 is 0 Å². The largest absolute Gasteiger partial charge is 0.481 e. The summed E-state index contributed by atoms with van der Waals surface area (Å²) in [5, 5.41) is 11.8. The lowest BCUT2D eigenvalue weighted by molar-refractivity contribution is -0.145. The van der Waals surface area contributed by atoms with Gasteiger partial charge in [0, 0.05) is 5.69 Å². The summed E-state index contributed by atoms with van der Waals surface area (Å²) >= 11 is 0. The molecule has 0 aromatic heterocycles. The Balaban J connectivity index is 2.03. The summed E-state index contributed by atoms with van der Waals surface area (Å²) in [6.45, 7) is 0. The molecule has 4 heteroatoms. The van der Waals surface area contributed by atoms with E-state index in [4.69, 9.17) is 5.11 Å². The Morgan fingerprint density at radius 2 is 1.76 bits per heavy atom. The van der Waals surface area contributed by atoms with E-state index in [1.807, 2.05) is 18.2 Å². The fraction of sp³-hybridized carbons (Fsp3) is 0.385. The third-order valence-corrected chi connectivity index (χ3v) is 3.21. The van der Waals surface area contributed by atoms with E-state index in [2.05, 4.69) is 5.32 Å². The molecule has 1 aliphatic rings. The van der Waals surface area contributed by atoms with Crippen LogP contribution in [0, 0.1) is 11.8 Å². The molecule has 0 spiro atoms. The third kappa shape index (κ3) is 2.64. The molecule has 17 heavy (non-hydrogen) atoms. The van der Waals surface area contributed by atoms with Gasteiger partial charge in [0.15, 0.2) is 0 Å². The first-order chi connectivity index (χ1) is 8.18. The number of anilines is 1. The number of carbonyl (C=O) groups is 2. The van der Waals surface area contributed by atoms with Gasteiger partial charge in [0.1, 0.15) is 0 Å². The standard InChI is InChI=1S/C13H15NO3/c15-12(14-9-5-2-1-3-6-9)10-7-4-8-11(10)13(16)17/h1-3,5-6,10-11H,4,7-8H2,(H,14,15)(H,16,17)/t10-,11+/m1/s1. The zero-order valence-electron chi connectivity index (χ0n) is 9.43. The molecule has 2 rings (SSSR count). The number of hydrogen-bond acceptors (Lipinski definition) is 2. The number of aliphatic carboxylic acids is 1. The highest BCUT2D eigenvalue weighted by molar-refractivity contribution is 5.95. The Kier molecular flexibility index (Phi) is 3.42. The molecule has 2 N–H and O–H groups in total. The molecule has 1 aliphatic carbocycles. The first-order valence-electron chi connectivity index (χ1n) is 5.77. The molecule has 1 saturated carbocycles. The van der Waals surface area contributed by atoms with Crippen LogP contribution in [0.2, 0.25) is 0 Å². The molecule has 1 fully saturated rings. The van der Waals surface area contributed by atoms with E-state index in [1.165, 1.54) is 0 Å². The minimum absolute atomic E-state index is 0.180. The average molecular weight is 233 g/mol. The smallest absolute Gasteiger partial charge is 0.307 e. The lowest BCUT2D eigenvalue weighted by Crippen LogP contribution is -2.29. The molecule has 90 valence electrons. The van der Waals surface area contributed by atoms with Gasteiger partial charge >= 0.3 is 5.97 Å². The quantitative estimate of drug-likeness (QED) is 0.840.